The van der Waals surface area contributed by atoms with Gasteiger partial charge in [-0.3, -0.25) is 0 Å². The molecule has 1 unspecified atom stereocenters. The number of rotatable bonds is 5. The molecule has 0 saturated heterocycles. The van der Waals surface area contributed by atoms with Gasteiger partial charge >= 0.3 is 0 Å². The Bertz CT molecular complexity index is 543. The van der Waals surface area contributed by atoms with Crippen LogP contribution in [-0.2, 0) is 0 Å². The van der Waals surface area contributed by atoms with Gasteiger partial charge in [0.15, 0.2) is 0 Å². The van der Waals surface area contributed by atoms with Crippen LogP contribution in [0.2, 0.25) is 5.28 Å². The van der Waals surface area contributed by atoms with Crippen LogP contribution >= 0.6 is 22.9 Å². The number of nitrogens with zero attached hydrogens (tertiary/aromatic N) is 2. The summed E-state index contributed by atoms with van der Waals surface area (Å²) in [6.07, 6.45) is 1.62. The number of hydrogen-bond donors (Lipinski definition) is 2. The topological polar surface area (TPSA) is 58.0 Å². The van der Waals surface area contributed by atoms with Gasteiger partial charge in [0.25, 0.3) is 0 Å². The molecule has 6 heteroatoms. The first-order valence-electron chi connectivity index (χ1n) is 5.95. The summed E-state index contributed by atoms with van der Waals surface area (Å²) >= 11 is 7.54. The molecule has 98 valence electrons. The van der Waals surface area contributed by atoms with Gasteiger partial charge in [0.05, 0.1) is 5.39 Å². The summed E-state index contributed by atoms with van der Waals surface area (Å²) in [6, 6.07) is 2.26. The second-order valence-electron chi connectivity index (χ2n) is 4.18. The molecule has 1 atom stereocenters. The van der Waals surface area contributed by atoms with Crippen molar-refractivity contribution < 1.29 is 5.11 Å². The zero-order valence-electron chi connectivity index (χ0n) is 10.4. The number of aryl methyl sites for hydroxylation is 1. The Morgan fingerprint density at radius 3 is 2.94 bits per heavy atom. The van der Waals surface area contributed by atoms with Gasteiger partial charge in [-0.2, -0.15) is 0 Å². The van der Waals surface area contributed by atoms with Crippen molar-refractivity contribution in [2.45, 2.75) is 32.7 Å². The van der Waals surface area contributed by atoms with Crippen molar-refractivity contribution in [1.82, 2.24) is 9.97 Å². The van der Waals surface area contributed by atoms with Gasteiger partial charge in [-0.15, -0.1) is 11.3 Å². The van der Waals surface area contributed by atoms with Crippen LogP contribution < -0.4 is 5.32 Å². The minimum absolute atomic E-state index is 0.163. The monoisotopic (exact) mass is 285 g/mol. The molecule has 2 N–H and O–H groups in total. The quantitative estimate of drug-likeness (QED) is 0.828. The first-order valence-corrected chi connectivity index (χ1v) is 7.14. The van der Waals surface area contributed by atoms with E-state index in [1.54, 1.807) is 11.3 Å². The first-order chi connectivity index (χ1) is 8.63. The summed E-state index contributed by atoms with van der Waals surface area (Å²) in [5, 5.41) is 13.6. The van der Waals surface area contributed by atoms with E-state index in [0.717, 1.165) is 22.5 Å². The molecule has 0 bridgehead atoms. The number of aliphatic hydroxyl groups excluding tert-OH is 1. The Labute approximate surface area is 115 Å². The highest BCUT2D eigenvalue weighted by atomic mass is 35.5. The van der Waals surface area contributed by atoms with Crippen LogP contribution in [0.25, 0.3) is 10.2 Å². The number of aromatic nitrogens is 2. The maximum Gasteiger partial charge on any atom is 0.225 e. The number of nitrogens with one attached hydrogen (secondary N) is 1. The van der Waals surface area contributed by atoms with Gasteiger partial charge in [0.1, 0.15) is 10.6 Å². The SMILES string of the molecule is CCC(CCO)Nc1nc(Cl)nc2sc(C)cc12. The third-order valence-corrected chi connectivity index (χ3v) is 3.91. The Morgan fingerprint density at radius 1 is 1.50 bits per heavy atom. The fourth-order valence-corrected chi connectivity index (χ4v) is 2.95. The molecule has 2 aromatic rings. The number of thiophene rings is 1. The van der Waals surface area contributed by atoms with Crippen molar-refractivity contribution in [2.75, 3.05) is 11.9 Å². The van der Waals surface area contributed by atoms with E-state index in [-0.39, 0.29) is 17.9 Å². The van der Waals surface area contributed by atoms with Crippen LogP contribution in [0.4, 0.5) is 5.82 Å². The Balaban J connectivity index is 2.36. The summed E-state index contributed by atoms with van der Waals surface area (Å²) in [4.78, 5) is 10.6. The molecular formula is C12H16ClN3OS. The number of aliphatic hydroxyl groups is 1. The molecular weight excluding hydrogens is 270 g/mol. The third-order valence-electron chi connectivity index (χ3n) is 2.80. The highest BCUT2D eigenvalue weighted by Crippen LogP contribution is 2.30. The minimum atomic E-state index is 0.163. The summed E-state index contributed by atoms with van der Waals surface area (Å²) in [5.74, 6) is 0.759. The van der Waals surface area contributed by atoms with E-state index in [9.17, 15) is 0 Å². The Hall–Kier alpha value is -0.910. The third kappa shape index (κ3) is 2.91. The van der Waals surface area contributed by atoms with Gasteiger partial charge in [-0.1, -0.05) is 6.92 Å². The zero-order valence-corrected chi connectivity index (χ0v) is 12.0. The van der Waals surface area contributed by atoms with E-state index in [1.807, 2.05) is 6.92 Å². The number of fused-ring (bicyclic) bond motifs is 1. The van der Waals surface area contributed by atoms with E-state index in [0.29, 0.717) is 6.42 Å². The summed E-state index contributed by atoms with van der Waals surface area (Å²) in [7, 11) is 0. The average molecular weight is 286 g/mol. The predicted molar refractivity (Wildman–Crippen MR) is 76.6 cm³/mol. The maximum absolute atomic E-state index is 9.02. The molecule has 2 rings (SSSR count). The molecule has 2 heterocycles. The predicted octanol–water partition coefficient (Wildman–Crippen LogP) is 3.23. The highest BCUT2D eigenvalue weighted by molar-refractivity contribution is 7.18. The van der Waals surface area contributed by atoms with Crippen molar-refractivity contribution in [3.63, 3.8) is 0 Å². The molecule has 0 radical (unpaired) electrons. The smallest absolute Gasteiger partial charge is 0.225 e. The van der Waals surface area contributed by atoms with Crippen LogP contribution in [0.1, 0.15) is 24.6 Å². The molecule has 0 fully saturated rings. The van der Waals surface area contributed by atoms with Crippen molar-refractivity contribution in [1.29, 1.82) is 0 Å². The van der Waals surface area contributed by atoms with E-state index >= 15 is 0 Å². The number of hydrogen-bond acceptors (Lipinski definition) is 5. The van der Waals surface area contributed by atoms with E-state index in [1.165, 1.54) is 4.88 Å². The van der Waals surface area contributed by atoms with Gasteiger partial charge in [0, 0.05) is 17.5 Å². The van der Waals surface area contributed by atoms with E-state index in [2.05, 4.69) is 28.3 Å². The van der Waals surface area contributed by atoms with Crippen LogP contribution in [0.15, 0.2) is 6.07 Å². The first kappa shape index (κ1) is 13.5. The molecule has 0 amide bonds. The lowest BCUT2D eigenvalue weighted by atomic mass is 10.1. The lowest BCUT2D eigenvalue weighted by Gasteiger charge is -2.16. The van der Waals surface area contributed by atoms with Crippen LogP contribution in [0.3, 0.4) is 0 Å². The van der Waals surface area contributed by atoms with Crippen molar-refractivity contribution in [2.24, 2.45) is 0 Å². The molecule has 0 saturated carbocycles. The molecule has 0 aliphatic carbocycles. The maximum atomic E-state index is 9.02. The largest absolute Gasteiger partial charge is 0.396 e. The highest BCUT2D eigenvalue weighted by Gasteiger charge is 2.13. The zero-order chi connectivity index (χ0) is 13.1. The molecule has 18 heavy (non-hydrogen) atoms. The molecule has 4 nitrogen and oxygen atoms in total. The molecule has 0 spiro atoms. The van der Waals surface area contributed by atoms with Crippen molar-refractivity contribution in [3.8, 4) is 0 Å². The normalized spacial score (nSPS) is 12.9. The molecule has 0 aliphatic heterocycles. The lowest BCUT2D eigenvalue weighted by molar-refractivity contribution is 0.278. The van der Waals surface area contributed by atoms with Gasteiger partial charge in [0.2, 0.25) is 5.28 Å². The Kier molecular flexibility index (Phi) is 4.37. The molecule has 0 aromatic carbocycles. The van der Waals surface area contributed by atoms with E-state index < -0.39 is 0 Å². The molecule has 2 aromatic heterocycles. The fourth-order valence-electron chi connectivity index (χ4n) is 1.85. The number of halogens is 1. The second kappa shape index (κ2) is 5.82. The standard InChI is InChI=1S/C12H16ClN3OS/c1-3-8(4-5-17)14-10-9-6-7(2)18-11(9)16-12(13)15-10/h6,8,17H,3-5H2,1-2H3,(H,14,15,16). The Morgan fingerprint density at radius 2 is 2.28 bits per heavy atom. The number of anilines is 1. The van der Waals surface area contributed by atoms with Gasteiger partial charge in [-0.05, 0) is 37.4 Å². The van der Waals surface area contributed by atoms with Crippen LogP contribution in [0, 0.1) is 6.92 Å². The average Bonchev–Trinajstić information content (AvgIpc) is 2.68. The van der Waals surface area contributed by atoms with Crippen molar-refractivity contribution >= 4 is 39.0 Å². The summed E-state index contributed by atoms with van der Waals surface area (Å²) in [5.41, 5.74) is 0. The van der Waals surface area contributed by atoms with Crippen LogP contribution in [-0.4, -0.2) is 27.7 Å². The van der Waals surface area contributed by atoms with Gasteiger partial charge < -0.3 is 10.4 Å². The summed E-state index contributed by atoms with van der Waals surface area (Å²) < 4.78 is 0. The minimum Gasteiger partial charge on any atom is -0.396 e. The fraction of sp³-hybridized carbons (Fsp3) is 0.500. The van der Waals surface area contributed by atoms with Gasteiger partial charge in [-0.25, -0.2) is 9.97 Å². The van der Waals surface area contributed by atoms with E-state index in [4.69, 9.17) is 16.7 Å². The second-order valence-corrected chi connectivity index (χ2v) is 5.75. The van der Waals surface area contributed by atoms with Crippen LogP contribution in [0.5, 0.6) is 0 Å². The molecule has 0 aliphatic rings. The lowest BCUT2D eigenvalue weighted by Crippen LogP contribution is -2.20. The van der Waals surface area contributed by atoms with Crippen molar-refractivity contribution in [3.05, 3.63) is 16.2 Å². The summed E-state index contributed by atoms with van der Waals surface area (Å²) in [6.45, 7) is 4.28.